The van der Waals surface area contributed by atoms with Crippen molar-refractivity contribution in [3.05, 3.63) is 53.3 Å². The molecule has 7 heteroatoms. The number of hydrogen-bond donors (Lipinski definition) is 2. The largest absolute Gasteiger partial charge is 0.507 e. The number of carbonyl (C=O) groups is 1. The smallest absolute Gasteiger partial charge is 0.295 e. The first-order valence-electron chi connectivity index (χ1n) is 6.50. The molecule has 2 N–H and O–H groups in total. The minimum Gasteiger partial charge on any atom is -0.507 e. The molecule has 0 aliphatic heterocycles. The van der Waals surface area contributed by atoms with Crippen molar-refractivity contribution in [2.75, 3.05) is 0 Å². The maximum atomic E-state index is 11.8. The molecule has 0 saturated carbocycles. The fourth-order valence-electron chi connectivity index (χ4n) is 2.07. The van der Waals surface area contributed by atoms with Gasteiger partial charge >= 0.3 is 0 Å². The Morgan fingerprint density at radius 3 is 2.86 bits per heavy atom. The van der Waals surface area contributed by atoms with Crippen molar-refractivity contribution < 1.29 is 14.5 Å². The van der Waals surface area contributed by atoms with E-state index in [1.165, 1.54) is 6.21 Å². The number of aromatic nitrogens is 2. The fraction of sp³-hybridized carbons (Fsp3) is 0.0667. The second-order valence-electron chi connectivity index (χ2n) is 4.62. The minimum atomic E-state index is -0.533. The zero-order chi connectivity index (χ0) is 15.5. The van der Waals surface area contributed by atoms with Crippen molar-refractivity contribution in [2.45, 2.75) is 6.92 Å². The number of phenols is 1. The fourth-order valence-corrected chi connectivity index (χ4v) is 2.07. The Balaban J connectivity index is 1.86. The molecule has 3 aromatic rings. The Labute approximate surface area is 125 Å². The van der Waals surface area contributed by atoms with Crippen LogP contribution < -0.4 is 5.43 Å². The molecule has 7 nitrogen and oxygen atoms in total. The summed E-state index contributed by atoms with van der Waals surface area (Å²) in [6.07, 6.45) is 1.39. The molecule has 0 aliphatic rings. The van der Waals surface area contributed by atoms with Crippen LogP contribution >= 0.6 is 0 Å². The molecule has 1 heterocycles. The summed E-state index contributed by atoms with van der Waals surface area (Å²) in [5, 5.41) is 22.6. The van der Waals surface area contributed by atoms with Gasteiger partial charge in [-0.3, -0.25) is 4.79 Å². The van der Waals surface area contributed by atoms with Crippen LogP contribution in [0.4, 0.5) is 0 Å². The molecule has 1 amide bonds. The lowest BCUT2D eigenvalue weighted by molar-refractivity contribution is 0.0945. The number of aryl methyl sites for hydroxylation is 1. The predicted octanol–water partition coefficient (Wildman–Crippen LogP) is 2.00. The van der Waals surface area contributed by atoms with Gasteiger partial charge in [0.15, 0.2) is 5.69 Å². The van der Waals surface area contributed by atoms with E-state index in [0.717, 1.165) is 10.8 Å². The predicted molar refractivity (Wildman–Crippen MR) is 79.7 cm³/mol. The van der Waals surface area contributed by atoms with E-state index in [9.17, 15) is 9.90 Å². The average Bonchev–Trinajstić information content (AvgIpc) is 2.95. The van der Waals surface area contributed by atoms with Gasteiger partial charge in [0.05, 0.1) is 6.21 Å². The summed E-state index contributed by atoms with van der Waals surface area (Å²) in [5.41, 5.74) is 3.29. The number of nitrogens with one attached hydrogen (secondary N) is 1. The van der Waals surface area contributed by atoms with E-state index in [2.05, 4.69) is 25.5 Å². The topological polar surface area (TPSA) is 101 Å². The third-order valence-electron chi connectivity index (χ3n) is 3.18. The van der Waals surface area contributed by atoms with Gasteiger partial charge in [0.2, 0.25) is 0 Å². The number of aromatic hydroxyl groups is 1. The summed E-state index contributed by atoms with van der Waals surface area (Å²) < 4.78 is 4.46. The van der Waals surface area contributed by atoms with Crippen LogP contribution in [0.25, 0.3) is 10.8 Å². The normalized spacial score (nSPS) is 11.1. The Morgan fingerprint density at radius 1 is 1.27 bits per heavy atom. The third kappa shape index (κ3) is 2.51. The first-order chi connectivity index (χ1) is 10.7. The van der Waals surface area contributed by atoms with Crippen molar-refractivity contribution in [1.29, 1.82) is 0 Å². The van der Waals surface area contributed by atoms with Gasteiger partial charge in [0, 0.05) is 5.56 Å². The number of benzene rings is 2. The number of amides is 1. The summed E-state index contributed by atoms with van der Waals surface area (Å²) in [5.74, 6) is -0.453. The van der Waals surface area contributed by atoms with Gasteiger partial charge in [0.1, 0.15) is 11.4 Å². The van der Waals surface area contributed by atoms with E-state index in [1.807, 2.05) is 30.3 Å². The monoisotopic (exact) mass is 296 g/mol. The van der Waals surface area contributed by atoms with Crippen LogP contribution in [-0.2, 0) is 0 Å². The molecule has 0 fully saturated rings. The molecule has 3 rings (SSSR count). The first-order valence-corrected chi connectivity index (χ1v) is 6.50. The summed E-state index contributed by atoms with van der Waals surface area (Å²) in [6, 6.07) is 11.0. The van der Waals surface area contributed by atoms with Crippen LogP contribution in [0.2, 0.25) is 0 Å². The molecule has 0 spiro atoms. The minimum absolute atomic E-state index is 0.0688. The number of nitrogens with zero attached hydrogens (tertiary/aromatic N) is 3. The number of phenolic OH excluding ortho intramolecular Hbond substituents is 1. The number of carbonyl (C=O) groups excluding carboxylic acids is 1. The van der Waals surface area contributed by atoms with E-state index in [4.69, 9.17) is 0 Å². The average molecular weight is 296 g/mol. The van der Waals surface area contributed by atoms with E-state index >= 15 is 0 Å². The molecule has 0 atom stereocenters. The molecule has 22 heavy (non-hydrogen) atoms. The Hall–Kier alpha value is -3.22. The first kappa shape index (κ1) is 13.7. The highest BCUT2D eigenvalue weighted by atomic mass is 16.6. The van der Waals surface area contributed by atoms with E-state index in [-0.39, 0.29) is 11.4 Å². The molecule has 110 valence electrons. The van der Waals surface area contributed by atoms with Gasteiger partial charge in [-0.1, -0.05) is 35.5 Å². The molecular formula is C15H12N4O3. The molecule has 0 bridgehead atoms. The second kappa shape index (κ2) is 5.65. The van der Waals surface area contributed by atoms with Crippen LogP contribution in [0.15, 0.2) is 46.1 Å². The lowest BCUT2D eigenvalue weighted by atomic mass is 10.0. The van der Waals surface area contributed by atoms with Crippen LogP contribution in [-0.4, -0.2) is 27.5 Å². The number of rotatable bonds is 3. The van der Waals surface area contributed by atoms with Gasteiger partial charge in [0.25, 0.3) is 5.91 Å². The standard InChI is InChI=1S/C15H12N4O3/c1-9-14(19-22-18-9)15(21)17-16-8-12-11-5-3-2-4-10(11)6-7-13(12)20/h2-8,20H,1H3,(H,17,21)/b16-8+. The zero-order valence-electron chi connectivity index (χ0n) is 11.6. The van der Waals surface area contributed by atoms with E-state index in [0.29, 0.717) is 11.3 Å². The van der Waals surface area contributed by atoms with Crippen LogP contribution in [0.3, 0.4) is 0 Å². The Morgan fingerprint density at radius 2 is 2.09 bits per heavy atom. The van der Waals surface area contributed by atoms with Crippen molar-refractivity contribution in [2.24, 2.45) is 5.10 Å². The molecular weight excluding hydrogens is 284 g/mol. The SMILES string of the molecule is Cc1nonc1C(=O)N/N=C/c1c(O)ccc2ccccc12. The number of hydrazone groups is 1. The van der Waals surface area contributed by atoms with Gasteiger partial charge in [-0.2, -0.15) is 5.10 Å². The Kier molecular flexibility index (Phi) is 3.53. The van der Waals surface area contributed by atoms with Gasteiger partial charge in [-0.15, -0.1) is 0 Å². The van der Waals surface area contributed by atoms with Crippen molar-refractivity contribution in [3.63, 3.8) is 0 Å². The van der Waals surface area contributed by atoms with Gasteiger partial charge in [-0.25, -0.2) is 10.1 Å². The van der Waals surface area contributed by atoms with Gasteiger partial charge in [-0.05, 0) is 28.9 Å². The summed E-state index contributed by atoms with van der Waals surface area (Å²) in [4.78, 5) is 11.8. The zero-order valence-corrected chi connectivity index (χ0v) is 11.6. The van der Waals surface area contributed by atoms with Crippen molar-refractivity contribution >= 4 is 22.9 Å². The van der Waals surface area contributed by atoms with Crippen LogP contribution in [0, 0.1) is 6.92 Å². The molecule has 2 aromatic carbocycles. The summed E-state index contributed by atoms with van der Waals surface area (Å²) >= 11 is 0. The molecule has 0 aliphatic carbocycles. The molecule has 0 radical (unpaired) electrons. The molecule has 1 aromatic heterocycles. The van der Waals surface area contributed by atoms with Crippen LogP contribution in [0.5, 0.6) is 5.75 Å². The molecule has 0 unspecified atom stereocenters. The lowest BCUT2D eigenvalue weighted by Crippen LogP contribution is -2.19. The maximum Gasteiger partial charge on any atom is 0.295 e. The van der Waals surface area contributed by atoms with Gasteiger partial charge < -0.3 is 5.11 Å². The van der Waals surface area contributed by atoms with Crippen molar-refractivity contribution in [3.8, 4) is 5.75 Å². The maximum absolute atomic E-state index is 11.8. The van der Waals surface area contributed by atoms with E-state index < -0.39 is 5.91 Å². The van der Waals surface area contributed by atoms with Crippen LogP contribution in [0.1, 0.15) is 21.7 Å². The lowest BCUT2D eigenvalue weighted by Gasteiger charge is -2.04. The number of fused-ring (bicyclic) bond motifs is 1. The third-order valence-corrected chi connectivity index (χ3v) is 3.18. The van der Waals surface area contributed by atoms with Crippen molar-refractivity contribution in [1.82, 2.24) is 15.7 Å². The summed E-state index contributed by atoms with van der Waals surface area (Å²) in [7, 11) is 0. The highest BCUT2D eigenvalue weighted by Gasteiger charge is 2.14. The Bertz CT molecular complexity index is 870. The number of hydrogen-bond acceptors (Lipinski definition) is 6. The highest BCUT2D eigenvalue weighted by molar-refractivity contribution is 6.03. The second-order valence-corrected chi connectivity index (χ2v) is 4.62. The quantitative estimate of drug-likeness (QED) is 0.568. The van der Waals surface area contributed by atoms with E-state index in [1.54, 1.807) is 13.0 Å². The highest BCUT2D eigenvalue weighted by Crippen LogP contribution is 2.25. The molecule has 0 saturated heterocycles. The summed E-state index contributed by atoms with van der Waals surface area (Å²) in [6.45, 7) is 1.60.